The summed E-state index contributed by atoms with van der Waals surface area (Å²) in [6, 6.07) is 11.0. The quantitative estimate of drug-likeness (QED) is 0.926. The molecule has 1 fully saturated rings. The van der Waals surface area contributed by atoms with Crippen molar-refractivity contribution in [1.29, 1.82) is 0 Å². The van der Waals surface area contributed by atoms with Gasteiger partial charge in [-0.05, 0) is 42.3 Å². The van der Waals surface area contributed by atoms with Crippen LogP contribution >= 0.6 is 0 Å². The largest absolute Gasteiger partial charge is 0.338 e. The molecule has 1 saturated heterocycles. The van der Waals surface area contributed by atoms with Crippen molar-refractivity contribution in [2.24, 2.45) is 5.92 Å². The molecule has 6 heteroatoms. The highest BCUT2D eigenvalue weighted by Gasteiger charge is 2.39. The second kappa shape index (κ2) is 7.01. The number of hydrogen-bond acceptors (Lipinski definition) is 2. The Morgan fingerprint density at radius 2 is 1.80 bits per heavy atom. The Bertz CT molecular complexity index is 810. The number of nitrogens with zero attached hydrogens (tertiary/aromatic N) is 1. The van der Waals surface area contributed by atoms with Crippen LogP contribution in [0.5, 0.6) is 0 Å². The number of carbonyl (C=O) groups excluding carboxylic acids is 2. The van der Waals surface area contributed by atoms with Gasteiger partial charge in [-0.15, -0.1) is 0 Å². The van der Waals surface area contributed by atoms with Crippen LogP contribution in [0.1, 0.15) is 24.4 Å². The Balaban J connectivity index is 1.89. The van der Waals surface area contributed by atoms with E-state index in [1.165, 1.54) is 35.2 Å². The zero-order chi connectivity index (χ0) is 18.0. The van der Waals surface area contributed by atoms with Crippen molar-refractivity contribution in [2.45, 2.75) is 18.9 Å². The maximum Gasteiger partial charge on any atom is 0.229 e. The lowest BCUT2D eigenvalue weighted by molar-refractivity contribution is -0.140. The van der Waals surface area contributed by atoms with E-state index in [1.54, 1.807) is 25.2 Å². The van der Waals surface area contributed by atoms with Gasteiger partial charge in [0.2, 0.25) is 11.8 Å². The van der Waals surface area contributed by atoms with Gasteiger partial charge in [0.25, 0.3) is 0 Å². The maximum absolute atomic E-state index is 13.6. The molecule has 2 atom stereocenters. The van der Waals surface area contributed by atoms with Crippen LogP contribution in [0, 0.1) is 17.6 Å². The lowest BCUT2D eigenvalue weighted by Gasteiger charge is -2.38. The van der Waals surface area contributed by atoms with Crippen LogP contribution in [0.4, 0.5) is 14.5 Å². The summed E-state index contributed by atoms with van der Waals surface area (Å²) in [5, 5.41) is 2.69. The van der Waals surface area contributed by atoms with Gasteiger partial charge in [0, 0.05) is 19.2 Å². The third kappa shape index (κ3) is 3.68. The fourth-order valence-electron chi connectivity index (χ4n) is 3.26. The lowest BCUT2D eigenvalue weighted by atomic mass is 9.84. The molecule has 4 nitrogen and oxygen atoms in total. The first-order valence-corrected chi connectivity index (χ1v) is 8.03. The van der Waals surface area contributed by atoms with Crippen LogP contribution < -0.4 is 5.32 Å². The molecular formula is C19H18F2N2O2. The van der Waals surface area contributed by atoms with Crippen molar-refractivity contribution in [3.8, 4) is 0 Å². The molecule has 2 aromatic rings. The fourth-order valence-corrected chi connectivity index (χ4v) is 3.26. The summed E-state index contributed by atoms with van der Waals surface area (Å²) in [5.74, 6) is -1.83. The van der Waals surface area contributed by atoms with E-state index in [4.69, 9.17) is 0 Å². The summed E-state index contributed by atoms with van der Waals surface area (Å²) < 4.78 is 26.9. The normalized spacial score (nSPS) is 20.4. The number of piperidine rings is 1. The van der Waals surface area contributed by atoms with Crippen molar-refractivity contribution in [3.05, 3.63) is 65.7 Å². The summed E-state index contributed by atoms with van der Waals surface area (Å²) >= 11 is 0. The Morgan fingerprint density at radius 3 is 2.48 bits per heavy atom. The molecule has 130 valence electrons. The molecule has 2 aromatic carbocycles. The highest BCUT2D eigenvalue weighted by molar-refractivity contribution is 5.94. The fraction of sp³-hybridized carbons (Fsp3) is 0.263. The molecule has 1 aliphatic heterocycles. The van der Waals surface area contributed by atoms with Crippen LogP contribution in [-0.4, -0.2) is 23.8 Å². The molecule has 3 rings (SSSR count). The van der Waals surface area contributed by atoms with E-state index in [2.05, 4.69) is 5.32 Å². The minimum absolute atomic E-state index is 0.0935. The summed E-state index contributed by atoms with van der Waals surface area (Å²) in [7, 11) is 1.61. The second-order valence-electron chi connectivity index (χ2n) is 6.15. The van der Waals surface area contributed by atoms with Crippen molar-refractivity contribution < 1.29 is 18.4 Å². The topological polar surface area (TPSA) is 49.4 Å². The molecule has 0 aromatic heterocycles. The average molecular weight is 344 g/mol. The SMILES string of the molecule is CN1C(=O)CC[C@H](C(=O)Nc2cccc(F)c2)[C@@H]1c1cccc(F)c1. The summed E-state index contributed by atoms with van der Waals surface area (Å²) in [6.07, 6.45) is 0.592. The number of benzene rings is 2. The first-order valence-electron chi connectivity index (χ1n) is 8.03. The Kier molecular flexibility index (Phi) is 4.79. The van der Waals surface area contributed by atoms with Crippen LogP contribution in [0.25, 0.3) is 0 Å². The van der Waals surface area contributed by atoms with Crippen LogP contribution in [-0.2, 0) is 9.59 Å². The standard InChI is InChI=1S/C19H18F2N2O2/c1-23-17(24)9-8-16(18(23)12-4-2-5-13(20)10-12)19(25)22-15-7-3-6-14(21)11-15/h2-7,10-11,16,18H,8-9H2,1H3,(H,22,25)/t16-,18-/m0/s1. The van der Waals surface area contributed by atoms with Crippen molar-refractivity contribution in [1.82, 2.24) is 4.90 Å². The summed E-state index contributed by atoms with van der Waals surface area (Å²) in [4.78, 5) is 26.3. The molecule has 0 bridgehead atoms. The van der Waals surface area contributed by atoms with Gasteiger partial charge < -0.3 is 10.2 Å². The Morgan fingerprint density at radius 1 is 1.12 bits per heavy atom. The monoisotopic (exact) mass is 344 g/mol. The number of carbonyl (C=O) groups is 2. The van der Waals surface area contributed by atoms with E-state index >= 15 is 0 Å². The van der Waals surface area contributed by atoms with E-state index < -0.39 is 23.6 Å². The van der Waals surface area contributed by atoms with E-state index in [9.17, 15) is 18.4 Å². The summed E-state index contributed by atoms with van der Waals surface area (Å²) in [6.45, 7) is 0. The van der Waals surface area contributed by atoms with E-state index in [0.29, 0.717) is 17.7 Å². The predicted octanol–water partition coefficient (Wildman–Crippen LogP) is 3.51. The lowest BCUT2D eigenvalue weighted by Crippen LogP contribution is -2.44. The molecular weight excluding hydrogens is 326 g/mol. The van der Waals surface area contributed by atoms with Crippen LogP contribution in [0.3, 0.4) is 0 Å². The highest BCUT2D eigenvalue weighted by atomic mass is 19.1. The first-order chi connectivity index (χ1) is 12.0. The van der Waals surface area contributed by atoms with Gasteiger partial charge in [-0.2, -0.15) is 0 Å². The summed E-state index contributed by atoms with van der Waals surface area (Å²) in [5.41, 5.74) is 0.914. The van der Waals surface area contributed by atoms with E-state index in [-0.39, 0.29) is 18.2 Å². The van der Waals surface area contributed by atoms with E-state index in [1.807, 2.05) is 0 Å². The van der Waals surface area contributed by atoms with Crippen molar-refractivity contribution in [2.75, 3.05) is 12.4 Å². The van der Waals surface area contributed by atoms with Gasteiger partial charge in [-0.3, -0.25) is 9.59 Å². The smallest absolute Gasteiger partial charge is 0.229 e. The van der Waals surface area contributed by atoms with Crippen molar-refractivity contribution in [3.63, 3.8) is 0 Å². The van der Waals surface area contributed by atoms with Crippen molar-refractivity contribution >= 4 is 17.5 Å². The third-order valence-corrected chi connectivity index (χ3v) is 4.48. The molecule has 0 radical (unpaired) electrons. The average Bonchev–Trinajstić information content (AvgIpc) is 2.57. The number of rotatable bonds is 3. The maximum atomic E-state index is 13.6. The molecule has 25 heavy (non-hydrogen) atoms. The zero-order valence-corrected chi connectivity index (χ0v) is 13.7. The predicted molar refractivity (Wildman–Crippen MR) is 89.7 cm³/mol. The molecule has 1 N–H and O–H groups in total. The third-order valence-electron chi connectivity index (χ3n) is 4.48. The Labute approximate surface area is 144 Å². The number of nitrogens with one attached hydrogen (secondary N) is 1. The van der Waals surface area contributed by atoms with Gasteiger partial charge in [0.15, 0.2) is 0 Å². The van der Waals surface area contributed by atoms with Gasteiger partial charge in [0.05, 0.1) is 12.0 Å². The number of halogens is 2. The molecule has 1 heterocycles. The number of anilines is 1. The number of amides is 2. The Hall–Kier alpha value is -2.76. The van der Waals surface area contributed by atoms with Crippen LogP contribution in [0.2, 0.25) is 0 Å². The van der Waals surface area contributed by atoms with Crippen LogP contribution in [0.15, 0.2) is 48.5 Å². The minimum atomic E-state index is -0.564. The van der Waals surface area contributed by atoms with Gasteiger partial charge in [-0.25, -0.2) is 8.78 Å². The molecule has 2 amide bonds. The molecule has 0 saturated carbocycles. The van der Waals surface area contributed by atoms with Gasteiger partial charge in [-0.1, -0.05) is 18.2 Å². The molecule has 1 aliphatic rings. The van der Waals surface area contributed by atoms with Gasteiger partial charge in [0.1, 0.15) is 11.6 Å². The second-order valence-corrected chi connectivity index (χ2v) is 6.15. The molecule has 0 aliphatic carbocycles. The minimum Gasteiger partial charge on any atom is -0.338 e. The zero-order valence-electron chi connectivity index (χ0n) is 13.7. The molecule has 0 unspecified atom stereocenters. The number of hydrogen-bond donors (Lipinski definition) is 1. The number of likely N-dealkylation sites (tertiary alicyclic amines) is 1. The molecule has 0 spiro atoms. The van der Waals surface area contributed by atoms with E-state index in [0.717, 1.165) is 0 Å². The highest BCUT2D eigenvalue weighted by Crippen LogP contribution is 2.36. The first kappa shape index (κ1) is 17.1. The van der Waals surface area contributed by atoms with Gasteiger partial charge >= 0.3 is 0 Å².